The fraction of sp³-hybridized carbons (Fsp3) is 0.562. The highest BCUT2D eigenvalue weighted by atomic mass is 32.1. The number of rotatable bonds is 9. The molecule has 2 heterocycles. The van der Waals surface area contributed by atoms with Crippen LogP contribution in [0.3, 0.4) is 0 Å². The number of hydrogen-bond donors (Lipinski definition) is 9. The molecule has 1 aliphatic heterocycles. The van der Waals surface area contributed by atoms with E-state index in [9.17, 15) is 10.2 Å². The smallest absolute Gasteiger partial charge is 0.186 e. The number of aliphatic hydroxyl groups is 3. The first-order chi connectivity index (χ1) is 13.9. The summed E-state index contributed by atoms with van der Waals surface area (Å²) in [5, 5.41) is 44.5. The molecule has 0 fully saturated rings. The number of aliphatic hydroxyl groups excluding tert-OH is 3. The number of anilines is 1. The number of hydrogen-bond acceptors (Lipinski definition) is 9. The summed E-state index contributed by atoms with van der Waals surface area (Å²) in [5.41, 5.74) is 5.70. The van der Waals surface area contributed by atoms with E-state index in [0.29, 0.717) is 23.1 Å². The van der Waals surface area contributed by atoms with Gasteiger partial charge < -0.3 is 36.4 Å². The van der Waals surface area contributed by atoms with Crippen molar-refractivity contribution in [1.29, 1.82) is 5.41 Å². The highest BCUT2D eigenvalue weighted by Gasteiger charge is 2.27. The van der Waals surface area contributed by atoms with Crippen LogP contribution in [0.25, 0.3) is 0 Å². The van der Waals surface area contributed by atoms with Gasteiger partial charge in [0.1, 0.15) is 35.0 Å². The van der Waals surface area contributed by atoms with Crippen LogP contribution in [0.1, 0.15) is 18.8 Å². The van der Waals surface area contributed by atoms with Crippen molar-refractivity contribution in [2.24, 2.45) is 10.7 Å². The van der Waals surface area contributed by atoms with E-state index in [-0.39, 0.29) is 12.5 Å². The number of imidazole rings is 1. The van der Waals surface area contributed by atoms with Gasteiger partial charge in [-0.15, -0.1) is 12.6 Å². The van der Waals surface area contributed by atoms with Gasteiger partial charge in [0.25, 0.3) is 0 Å². The van der Waals surface area contributed by atoms with Crippen molar-refractivity contribution < 1.29 is 20.1 Å². The summed E-state index contributed by atoms with van der Waals surface area (Å²) < 4.78 is 7.33. The summed E-state index contributed by atoms with van der Waals surface area (Å²) in [4.78, 5) is 8.62. The predicted octanol–water partition coefficient (Wildman–Crippen LogP) is -2.41. The monoisotopic (exact) mass is 426 g/mol. The van der Waals surface area contributed by atoms with E-state index in [1.54, 1.807) is 11.5 Å². The first-order valence-corrected chi connectivity index (χ1v) is 9.24. The number of nitrogens with one attached hydrogen (secondary N) is 4. The van der Waals surface area contributed by atoms with Crippen LogP contribution in [0.15, 0.2) is 11.3 Å². The highest BCUT2D eigenvalue weighted by Crippen LogP contribution is 2.27. The maximum Gasteiger partial charge on any atom is 0.186 e. The molecule has 9 N–H and O–H groups in total. The van der Waals surface area contributed by atoms with E-state index >= 15 is 0 Å². The Labute approximate surface area is 173 Å². The third-order valence-corrected chi connectivity index (χ3v) is 4.29. The molecule has 1 aromatic rings. The van der Waals surface area contributed by atoms with Crippen LogP contribution < -0.4 is 21.7 Å². The number of fused-ring (bicyclic) bond motifs is 1. The Morgan fingerprint density at radius 1 is 1.45 bits per heavy atom. The van der Waals surface area contributed by atoms with Gasteiger partial charge in [0.05, 0.1) is 32.6 Å². The molecule has 0 amide bonds. The first kappa shape index (κ1) is 22.9. The lowest BCUT2D eigenvalue weighted by atomic mass is 10.2. The Hall–Kier alpha value is -2.34. The van der Waals surface area contributed by atoms with Crippen molar-refractivity contribution in [1.82, 2.24) is 20.2 Å². The third kappa shape index (κ3) is 6.32. The molecule has 0 bridgehead atoms. The molecule has 13 heteroatoms. The van der Waals surface area contributed by atoms with Crippen molar-refractivity contribution in [3.05, 3.63) is 12.0 Å². The second-order valence-electron chi connectivity index (χ2n) is 6.06. The molecular formula is C16H26N8O4S. The van der Waals surface area contributed by atoms with Gasteiger partial charge >= 0.3 is 0 Å². The first-order valence-electron chi connectivity index (χ1n) is 8.80. The van der Waals surface area contributed by atoms with Gasteiger partial charge in [-0.2, -0.15) is 0 Å². The number of nitrogens with two attached hydrogens (primary N) is 1. The zero-order chi connectivity index (χ0) is 21.4. The average Bonchev–Trinajstić information content (AvgIpc) is 3.12. The van der Waals surface area contributed by atoms with E-state index in [2.05, 4.69) is 50.4 Å². The molecule has 0 radical (unpaired) electrons. The molecule has 4 atom stereocenters. The van der Waals surface area contributed by atoms with E-state index < -0.39 is 37.9 Å². The quantitative estimate of drug-likeness (QED) is 0.0897. The van der Waals surface area contributed by atoms with Crippen molar-refractivity contribution >= 4 is 29.4 Å². The largest absolute Gasteiger partial charge is 0.394 e. The maximum atomic E-state index is 9.72. The highest BCUT2D eigenvalue weighted by molar-refractivity contribution is 7.97. The Kier molecular flexibility index (Phi) is 8.70. The summed E-state index contributed by atoms with van der Waals surface area (Å²) in [6.07, 6.45) is -1.74. The van der Waals surface area contributed by atoms with Crippen molar-refractivity contribution in [3.63, 3.8) is 0 Å². The van der Waals surface area contributed by atoms with Crippen LogP contribution >= 0.6 is 12.6 Å². The topological polar surface area (TPSA) is 186 Å². The van der Waals surface area contributed by atoms with Crippen molar-refractivity contribution in [3.8, 4) is 11.8 Å². The van der Waals surface area contributed by atoms with Crippen LogP contribution in [0.4, 0.5) is 5.82 Å². The minimum absolute atomic E-state index is 0.141. The molecule has 0 saturated heterocycles. The number of ether oxygens (including phenoxy) is 1. The van der Waals surface area contributed by atoms with E-state index in [1.165, 1.54) is 6.33 Å². The fourth-order valence-corrected chi connectivity index (χ4v) is 2.77. The standard InChI is InChI=1S/C16H26N8O4S/c1-9(28-11(7-26)10(27)6-25)24-8-21-12-13(24)22-16(23-14(12)29)20-5-3-2-4-19-15(17)18/h8-11,16,20,22,25-27H,4-7H2,1H3,(H,23,29)(H4,17,18,19)/t9?,10-,11-,16?/m1/s1. The Morgan fingerprint density at radius 3 is 2.83 bits per heavy atom. The van der Waals surface area contributed by atoms with Crippen LogP contribution in [-0.4, -0.2) is 80.7 Å². The molecule has 1 aromatic heterocycles. The number of nitrogens with zero attached hydrogens (tertiary/aromatic N) is 3. The van der Waals surface area contributed by atoms with Crippen molar-refractivity contribution in [2.75, 3.05) is 31.6 Å². The number of guanidine groups is 1. The summed E-state index contributed by atoms with van der Waals surface area (Å²) in [6.45, 7) is 1.34. The molecule has 160 valence electrons. The van der Waals surface area contributed by atoms with Crippen LogP contribution in [-0.2, 0) is 4.74 Å². The van der Waals surface area contributed by atoms with Gasteiger partial charge in [-0.25, -0.2) is 9.98 Å². The van der Waals surface area contributed by atoms with Crippen LogP contribution in [0.5, 0.6) is 0 Å². The Morgan fingerprint density at radius 2 is 2.17 bits per heavy atom. The number of aliphatic imine (C=N–C) groups is 1. The lowest BCUT2D eigenvalue weighted by molar-refractivity contribution is -0.126. The summed E-state index contributed by atoms with van der Waals surface area (Å²) in [7, 11) is 0. The Balaban J connectivity index is 2.01. The van der Waals surface area contributed by atoms with Crippen molar-refractivity contribution in [2.45, 2.75) is 31.6 Å². The van der Waals surface area contributed by atoms with Crippen LogP contribution in [0.2, 0.25) is 0 Å². The number of aromatic nitrogens is 2. The van der Waals surface area contributed by atoms with Gasteiger partial charge in [-0.1, -0.05) is 11.8 Å². The molecule has 0 aliphatic carbocycles. The molecule has 2 unspecified atom stereocenters. The summed E-state index contributed by atoms with van der Waals surface area (Å²) in [5.74, 6) is 6.14. The zero-order valence-electron chi connectivity index (χ0n) is 15.8. The van der Waals surface area contributed by atoms with E-state index in [4.69, 9.17) is 21.0 Å². The van der Waals surface area contributed by atoms with Crippen LogP contribution in [0, 0.1) is 17.3 Å². The van der Waals surface area contributed by atoms with Gasteiger partial charge in [-0.05, 0) is 6.92 Å². The normalized spacial score (nSPS) is 18.4. The SMILES string of the molecule is CC(O[C@H](CO)[C@H](O)CO)n1cnc2c1NC(NCC#CCNC(=N)N)N=C2S. The van der Waals surface area contributed by atoms with Gasteiger partial charge in [0.2, 0.25) is 0 Å². The van der Waals surface area contributed by atoms with Gasteiger partial charge in [-0.3, -0.25) is 15.3 Å². The van der Waals surface area contributed by atoms with E-state index in [1.807, 2.05) is 0 Å². The molecule has 29 heavy (non-hydrogen) atoms. The lowest BCUT2D eigenvalue weighted by Crippen LogP contribution is -2.40. The van der Waals surface area contributed by atoms with Gasteiger partial charge in [0.15, 0.2) is 12.2 Å². The molecule has 1 aliphatic rings. The minimum atomic E-state index is -1.21. The molecular weight excluding hydrogens is 400 g/mol. The molecule has 0 aromatic carbocycles. The zero-order valence-corrected chi connectivity index (χ0v) is 16.7. The number of thiol groups is 1. The molecule has 2 rings (SSSR count). The maximum absolute atomic E-state index is 9.72. The fourth-order valence-electron chi connectivity index (χ4n) is 2.49. The van der Waals surface area contributed by atoms with E-state index in [0.717, 1.165) is 0 Å². The Bertz CT molecular complexity index is 790. The summed E-state index contributed by atoms with van der Waals surface area (Å²) >= 11 is 4.38. The molecule has 0 spiro atoms. The molecule has 0 saturated carbocycles. The predicted molar refractivity (Wildman–Crippen MR) is 111 cm³/mol. The minimum Gasteiger partial charge on any atom is -0.394 e. The second kappa shape index (κ2) is 11.0. The average molecular weight is 427 g/mol. The molecule has 12 nitrogen and oxygen atoms in total. The summed E-state index contributed by atoms with van der Waals surface area (Å²) in [6, 6.07) is 0. The van der Waals surface area contributed by atoms with Gasteiger partial charge in [0, 0.05) is 0 Å². The lowest BCUT2D eigenvalue weighted by Gasteiger charge is -2.28. The second-order valence-corrected chi connectivity index (χ2v) is 6.48. The third-order valence-electron chi connectivity index (χ3n) is 3.97.